The number of hydrogen-bond donors (Lipinski definition) is 5. The molecule has 0 unspecified atom stereocenters. The van der Waals surface area contributed by atoms with Gasteiger partial charge in [0.25, 0.3) is 11.8 Å². The Bertz CT molecular complexity index is 837. The van der Waals surface area contributed by atoms with Gasteiger partial charge in [-0.2, -0.15) is 0 Å². The number of nitrogens with zero attached hydrogens (tertiary/aromatic N) is 2. The van der Waals surface area contributed by atoms with Crippen molar-refractivity contribution >= 4 is 11.8 Å². The number of ether oxygens (including phenoxy) is 1. The normalized spacial score (nSPS) is 25.3. The zero-order valence-electron chi connectivity index (χ0n) is 13.5. The number of carbonyl (C=O) groups excluding carboxylic acids is 2. The Hall–Kier alpha value is -2.79. The zero-order valence-corrected chi connectivity index (χ0v) is 13.5. The second-order valence-electron chi connectivity index (χ2n) is 5.83. The van der Waals surface area contributed by atoms with Crippen LogP contribution in [-0.2, 0) is 4.74 Å². The fraction of sp³-hybridized carbons (Fsp3) is 0.312. The first-order valence-corrected chi connectivity index (χ1v) is 7.76. The van der Waals surface area contributed by atoms with Gasteiger partial charge in [0.1, 0.15) is 29.8 Å². The quantitative estimate of drug-likeness (QED) is 0.424. The molecule has 138 valence electrons. The Morgan fingerprint density at radius 3 is 2.27 bits per heavy atom. The van der Waals surface area contributed by atoms with Gasteiger partial charge in [-0.1, -0.05) is 30.3 Å². The van der Waals surface area contributed by atoms with Gasteiger partial charge in [-0.25, -0.2) is 4.98 Å². The molecule has 7 N–H and O–H groups in total. The van der Waals surface area contributed by atoms with E-state index < -0.39 is 43.0 Å². The van der Waals surface area contributed by atoms with E-state index in [1.165, 1.54) is 0 Å². The van der Waals surface area contributed by atoms with Crippen LogP contribution in [0, 0.1) is 0 Å². The van der Waals surface area contributed by atoms with Crippen LogP contribution in [0.3, 0.4) is 0 Å². The second kappa shape index (κ2) is 6.84. The standard InChI is InChI=1S/C16H18N4O6/c17-13(24)9-10(14(18)25)20(15(19-9)7-4-2-1-3-5-7)16-12(23)11(22)8(6-21)26-16/h1-5,8,11-12,16,21-23H,6H2,(H2,17,24)(H2,18,25)/t8-,11-,12-,16-/m1/s1. The number of aliphatic hydroxyl groups excluding tert-OH is 3. The molecule has 1 aliphatic rings. The molecule has 1 aromatic carbocycles. The molecule has 1 aliphatic heterocycles. The molecule has 26 heavy (non-hydrogen) atoms. The van der Waals surface area contributed by atoms with E-state index in [9.17, 15) is 24.9 Å². The van der Waals surface area contributed by atoms with Gasteiger partial charge in [0.2, 0.25) is 0 Å². The van der Waals surface area contributed by atoms with Gasteiger partial charge in [0.15, 0.2) is 11.9 Å². The summed E-state index contributed by atoms with van der Waals surface area (Å²) in [5, 5.41) is 29.6. The van der Waals surface area contributed by atoms with E-state index >= 15 is 0 Å². The van der Waals surface area contributed by atoms with Crippen LogP contribution in [0.4, 0.5) is 0 Å². The van der Waals surface area contributed by atoms with Gasteiger partial charge in [-0.3, -0.25) is 14.2 Å². The van der Waals surface area contributed by atoms with Crippen molar-refractivity contribution in [2.24, 2.45) is 11.5 Å². The van der Waals surface area contributed by atoms with E-state index in [2.05, 4.69) is 4.98 Å². The van der Waals surface area contributed by atoms with E-state index in [4.69, 9.17) is 16.2 Å². The molecular weight excluding hydrogens is 344 g/mol. The number of rotatable bonds is 5. The second-order valence-corrected chi connectivity index (χ2v) is 5.83. The summed E-state index contributed by atoms with van der Waals surface area (Å²) in [6, 6.07) is 8.50. The fourth-order valence-electron chi connectivity index (χ4n) is 2.97. The number of carbonyl (C=O) groups is 2. The number of primary amides is 2. The van der Waals surface area contributed by atoms with Gasteiger partial charge in [-0.05, 0) is 0 Å². The molecule has 0 radical (unpaired) electrons. The molecule has 0 aliphatic carbocycles. The van der Waals surface area contributed by atoms with E-state index in [0.29, 0.717) is 5.56 Å². The summed E-state index contributed by atoms with van der Waals surface area (Å²) in [6.07, 6.45) is -5.30. The molecule has 10 heteroatoms. The average molecular weight is 362 g/mol. The minimum Gasteiger partial charge on any atom is -0.394 e. The summed E-state index contributed by atoms with van der Waals surface area (Å²) in [7, 11) is 0. The lowest BCUT2D eigenvalue weighted by atomic mass is 10.1. The first-order valence-electron chi connectivity index (χ1n) is 7.76. The maximum absolute atomic E-state index is 12.0. The minimum atomic E-state index is -1.50. The molecule has 3 rings (SSSR count). The highest BCUT2D eigenvalue weighted by molar-refractivity contribution is 6.04. The van der Waals surface area contributed by atoms with Gasteiger partial charge in [0, 0.05) is 5.56 Å². The third-order valence-corrected chi connectivity index (χ3v) is 4.18. The summed E-state index contributed by atoms with van der Waals surface area (Å²) in [4.78, 5) is 27.9. The fourth-order valence-corrected chi connectivity index (χ4v) is 2.97. The average Bonchev–Trinajstić information content (AvgIpc) is 3.15. The van der Waals surface area contributed by atoms with Crippen molar-refractivity contribution in [3.63, 3.8) is 0 Å². The Kier molecular flexibility index (Phi) is 4.74. The van der Waals surface area contributed by atoms with Crippen LogP contribution in [0.15, 0.2) is 30.3 Å². The van der Waals surface area contributed by atoms with Crippen LogP contribution >= 0.6 is 0 Å². The van der Waals surface area contributed by atoms with Crippen LogP contribution in [0.2, 0.25) is 0 Å². The third kappa shape index (κ3) is 2.84. The highest BCUT2D eigenvalue weighted by Gasteiger charge is 2.46. The molecule has 10 nitrogen and oxygen atoms in total. The molecule has 0 spiro atoms. The first-order chi connectivity index (χ1) is 12.4. The molecule has 2 amide bonds. The first kappa shape index (κ1) is 18.0. The number of imidazole rings is 1. The van der Waals surface area contributed by atoms with Crippen molar-refractivity contribution in [2.45, 2.75) is 24.5 Å². The smallest absolute Gasteiger partial charge is 0.269 e. The van der Waals surface area contributed by atoms with E-state index in [0.717, 1.165) is 4.57 Å². The monoisotopic (exact) mass is 362 g/mol. The maximum Gasteiger partial charge on any atom is 0.269 e. The predicted molar refractivity (Wildman–Crippen MR) is 87.7 cm³/mol. The summed E-state index contributed by atoms with van der Waals surface area (Å²) >= 11 is 0. The molecule has 4 atom stereocenters. The lowest BCUT2D eigenvalue weighted by molar-refractivity contribution is -0.0526. The molecule has 1 aromatic heterocycles. The van der Waals surface area contributed by atoms with Crippen molar-refractivity contribution in [2.75, 3.05) is 6.61 Å². The number of benzene rings is 1. The van der Waals surface area contributed by atoms with Crippen LogP contribution < -0.4 is 11.5 Å². The van der Waals surface area contributed by atoms with Crippen LogP contribution in [0.25, 0.3) is 11.4 Å². The summed E-state index contributed by atoms with van der Waals surface area (Å²) < 4.78 is 6.61. The summed E-state index contributed by atoms with van der Waals surface area (Å²) in [5.74, 6) is -1.89. The molecule has 1 fully saturated rings. The number of amides is 2. The molecule has 2 heterocycles. The largest absolute Gasteiger partial charge is 0.394 e. The summed E-state index contributed by atoms with van der Waals surface area (Å²) in [6.45, 7) is -0.557. The molecule has 2 aromatic rings. The zero-order chi connectivity index (χ0) is 19.0. The Morgan fingerprint density at radius 2 is 1.77 bits per heavy atom. The van der Waals surface area contributed by atoms with Crippen LogP contribution in [0.5, 0.6) is 0 Å². The van der Waals surface area contributed by atoms with Crippen LogP contribution in [-0.4, -0.2) is 61.6 Å². The van der Waals surface area contributed by atoms with Crippen molar-refractivity contribution in [1.82, 2.24) is 9.55 Å². The van der Waals surface area contributed by atoms with Crippen molar-refractivity contribution in [3.05, 3.63) is 41.7 Å². The molecule has 0 bridgehead atoms. The minimum absolute atomic E-state index is 0.100. The van der Waals surface area contributed by atoms with Crippen molar-refractivity contribution in [1.29, 1.82) is 0 Å². The van der Waals surface area contributed by atoms with Crippen LogP contribution in [0.1, 0.15) is 27.2 Å². The molecule has 1 saturated heterocycles. The summed E-state index contributed by atoms with van der Waals surface area (Å²) in [5.41, 5.74) is 10.5. The van der Waals surface area contributed by atoms with E-state index in [-0.39, 0.29) is 17.2 Å². The lowest BCUT2D eigenvalue weighted by Crippen LogP contribution is -2.34. The van der Waals surface area contributed by atoms with E-state index in [1.54, 1.807) is 30.3 Å². The van der Waals surface area contributed by atoms with E-state index in [1.807, 2.05) is 0 Å². The SMILES string of the molecule is NC(=O)c1nc(-c2ccccc2)n([C@@H]2O[C@H](CO)[C@@H](O)[C@H]2O)c1C(N)=O. The van der Waals surface area contributed by atoms with Gasteiger partial charge in [-0.15, -0.1) is 0 Å². The van der Waals surface area contributed by atoms with Crippen molar-refractivity contribution in [3.8, 4) is 11.4 Å². The predicted octanol–water partition coefficient (Wildman–Crippen LogP) is -1.64. The Balaban J connectivity index is 2.25. The topological polar surface area (TPSA) is 174 Å². The lowest BCUT2D eigenvalue weighted by Gasteiger charge is -2.21. The Labute approximate surface area is 147 Å². The Morgan fingerprint density at radius 1 is 1.12 bits per heavy atom. The molecular formula is C16H18N4O6. The number of nitrogens with two attached hydrogens (primary N) is 2. The van der Waals surface area contributed by atoms with Gasteiger partial charge in [0.05, 0.1) is 6.61 Å². The molecule has 0 saturated carbocycles. The van der Waals surface area contributed by atoms with Gasteiger partial charge < -0.3 is 31.5 Å². The number of aliphatic hydroxyl groups is 3. The highest BCUT2D eigenvalue weighted by Crippen LogP contribution is 2.35. The highest BCUT2D eigenvalue weighted by atomic mass is 16.6. The number of aromatic nitrogens is 2. The van der Waals surface area contributed by atoms with Crippen molar-refractivity contribution < 1.29 is 29.6 Å². The van der Waals surface area contributed by atoms with Gasteiger partial charge >= 0.3 is 0 Å². The maximum atomic E-state index is 12.0. The third-order valence-electron chi connectivity index (χ3n) is 4.18. The number of hydrogen-bond acceptors (Lipinski definition) is 7.